The Hall–Kier alpha value is -1.78. The van der Waals surface area contributed by atoms with Crippen LogP contribution in [0.5, 0.6) is 0 Å². The van der Waals surface area contributed by atoms with Gasteiger partial charge in [0.15, 0.2) is 0 Å². The minimum atomic E-state index is -0.515. The number of nitrogens with zero attached hydrogens (tertiary/aromatic N) is 2. The van der Waals surface area contributed by atoms with E-state index in [1.807, 2.05) is 0 Å². The molecular weight excluding hydrogens is 220 g/mol. The van der Waals surface area contributed by atoms with Gasteiger partial charge in [-0.1, -0.05) is 20.8 Å². The first-order chi connectivity index (χ1) is 7.71. The number of rotatable bonds is 3. The Bertz CT molecular complexity index is 461. The molecule has 0 saturated carbocycles. The fraction of sp³-hybridized carbons (Fsp3) is 0.500. The highest BCUT2D eigenvalue weighted by molar-refractivity contribution is 5.86. The zero-order valence-electron chi connectivity index (χ0n) is 10.5. The van der Waals surface area contributed by atoms with Gasteiger partial charge in [-0.25, -0.2) is 0 Å². The lowest BCUT2D eigenvalue weighted by Crippen LogP contribution is -2.23. The molecule has 0 atom stereocenters. The van der Waals surface area contributed by atoms with Crippen molar-refractivity contribution in [2.45, 2.75) is 34.1 Å². The highest BCUT2D eigenvalue weighted by Crippen LogP contribution is 2.22. The van der Waals surface area contributed by atoms with Gasteiger partial charge in [0.1, 0.15) is 11.5 Å². The second-order valence-corrected chi connectivity index (χ2v) is 5.03. The third-order valence-corrected chi connectivity index (χ3v) is 2.45. The summed E-state index contributed by atoms with van der Waals surface area (Å²) in [4.78, 5) is 26.3. The normalized spacial score (nSPS) is 11.3. The van der Waals surface area contributed by atoms with Crippen LogP contribution in [0.3, 0.4) is 0 Å². The van der Waals surface area contributed by atoms with E-state index in [2.05, 4.69) is 4.98 Å². The van der Waals surface area contributed by atoms with Crippen LogP contribution in [0.2, 0.25) is 0 Å². The summed E-state index contributed by atoms with van der Waals surface area (Å²) >= 11 is 0. The SMILES string of the molecule is Cc1ccc([N+](=O)[O-])c(CC(=O)C(C)(C)C)n1. The molecule has 92 valence electrons. The highest BCUT2D eigenvalue weighted by Gasteiger charge is 2.25. The number of ketones is 1. The first kappa shape index (κ1) is 13.3. The van der Waals surface area contributed by atoms with Gasteiger partial charge in [0.25, 0.3) is 5.69 Å². The quantitative estimate of drug-likeness (QED) is 0.596. The number of Topliss-reactive ketones (excluding diaryl/α,β-unsaturated/α-hetero) is 1. The van der Waals surface area contributed by atoms with Gasteiger partial charge in [0.2, 0.25) is 0 Å². The molecule has 0 amide bonds. The molecule has 0 radical (unpaired) electrons. The van der Waals surface area contributed by atoms with Crippen LogP contribution in [0.1, 0.15) is 32.2 Å². The first-order valence-electron chi connectivity index (χ1n) is 5.36. The summed E-state index contributed by atoms with van der Waals surface area (Å²) in [5.74, 6) is -0.0568. The Morgan fingerprint density at radius 2 is 2.00 bits per heavy atom. The van der Waals surface area contributed by atoms with E-state index in [9.17, 15) is 14.9 Å². The maximum Gasteiger partial charge on any atom is 0.291 e. The van der Waals surface area contributed by atoms with Gasteiger partial charge in [0, 0.05) is 17.2 Å². The number of pyridine rings is 1. The van der Waals surface area contributed by atoms with Gasteiger partial charge in [-0.15, -0.1) is 0 Å². The van der Waals surface area contributed by atoms with Crippen molar-refractivity contribution in [3.8, 4) is 0 Å². The third-order valence-electron chi connectivity index (χ3n) is 2.45. The van der Waals surface area contributed by atoms with Crippen molar-refractivity contribution in [2.75, 3.05) is 0 Å². The Morgan fingerprint density at radius 1 is 1.41 bits per heavy atom. The van der Waals surface area contributed by atoms with Crippen molar-refractivity contribution < 1.29 is 9.72 Å². The smallest absolute Gasteiger partial charge is 0.291 e. The summed E-state index contributed by atoms with van der Waals surface area (Å²) < 4.78 is 0. The van der Waals surface area contributed by atoms with E-state index in [1.54, 1.807) is 33.8 Å². The maximum absolute atomic E-state index is 11.9. The molecule has 1 heterocycles. The van der Waals surface area contributed by atoms with Crippen LogP contribution in [0.15, 0.2) is 12.1 Å². The summed E-state index contributed by atoms with van der Waals surface area (Å²) in [5.41, 5.74) is 0.315. The van der Waals surface area contributed by atoms with Gasteiger partial charge >= 0.3 is 0 Å². The zero-order chi connectivity index (χ0) is 13.2. The molecule has 0 aliphatic rings. The number of hydrogen-bond acceptors (Lipinski definition) is 4. The van der Waals surface area contributed by atoms with Crippen LogP contribution < -0.4 is 0 Å². The van der Waals surface area contributed by atoms with E-state index in [0.29, 0.717) is 5.69 Å². The predicted molar refractivity (Wildman–Crippen MR) is 63.8 cm³/mol. The Morgan fingerprint density at radius 3 is 2.47 bits per heavy atom. The van der Waals surface area contributed by atoms with Crippen LogP contribution in [-0.2, 0) is 11.2 Å². The van der Waals surface area contributed by atoms with E-state index in [-0.39, 0.29) is 23.6 Å². The van der Waals surface area contributed by atoms with Crippen LogP contribution >= 0.6 is 0 Å². The molecule has 0 aromatic carbocycles. The second-order valence-electron chi connectivity index (χ2n) is 5.03. The van der Waals surface area contributed by atoms with Crippen molar-refractivity contribution in [1.29, 1.82) is 0 Å². The number of aromatic nitrogens is 1. The Kier molecular flexibility index (Phi) is 3.60. The second kappa shape index (κ2) is 4.61. The largest absolute Gasteiger partial charge is 0.299 e. The maximum atomic E-state index is 11.9. The molecule has 0 fully saturated rings. The summed E-state index contributed by atoms with van der Waals surface area (Å²) in [6, 6.07) is 2.97. The topological polar surface area (TPSA) is 73.1 Å². The molecule has 5 heteroatoms. The number of aryl methyl sites for hydroxylation is 1. The number of carbonyl (C=O) groups is 1. The fourth-order valence-electron chi connectivity index (χ4n) is 1.32. The third kappa shape index (κ3) is 3.34. The summed E-state index contributed by atoms with van der Waals surface area (Å²) in [6.45, 7) is 7.11. The molecule has 0 N–H and O–H groups in total. The lowest BCUT2D eigenvalue weighted by molar-refractivity contribution is -0.385. The number of hydrogen-bond donors (Lipinski definition) is 0. The van der Waals surface area contributed by atoms with Gasteiger partial charge in [-0.2, -0.15) is 0 Å². The van der Waals surface area contributed by atoms with E-state index < -0.39 is 10.3 Å². The molecule has 0 unspecified atom stereocenters. The fourth-order valence-corrected chi connectivity index (χ4v) is 1.32. The van der Waals surface area contributed by atoms with E-state index in [0.717, 1.165) is 0 Å². The summed E-state index contributed by atoms with van der Waals surface area (Å²) in [7, 11) is 0. The van der Waals surface area contributed by atoms with E-state index >= 15 is 0 Å². The lowest BCUT2D eigenvalue weighted by Gasteiger charge is -2.16. The van der Waals surface area contributed by atoms with Crippen molar-refractivity contribution in [1.82, 2.24) is 4.98 Å². The molecule has 1 aromatic heterocycles. The molecule has 0 aliphatic carbocycles. The van der Waals surface area contributed by atoms with E-state index in [1.165, 1.54) is 6.07 Å². The lowest BCUT2D eigenvalue weighted by atomic mass is 9.88. The van der Waals surface area contributed by atoms with Gasteiger partial charge < -0.3 is 0 Å². The minimum Gasteiger partial charge on any atom is -0.299 e. The van der Waals surface area contributed by atoms with Crippen molar-refractivity contribution in [2.24, 2.45) is 5.41 Å². The standard InChI is InChI=1S/C12H16N2O3/c1-8-5-6-10(14(16)17)9(13-8)7-11(15)12(2,3)4/h5-6H,7H2,1-4H3. The first-order valence-corrected chi connectivity index (χ1v) is 5.36. The molecule has 1 aromatic rings. The van der Waals surface area contributed by atoms with Crippen LogP contribution in [0.4, 0.5) is 5.69 Å². The molecule has 0 saturated heterocycles. The van der Waals surface area contributed by atoms with Crippen molar-refractivity contribution in [3.05, 3.63) is 33.6 Å². The average Bonchev–Trinajstić information content (AvgIpc) is 2.15. The summed E-state index contributed by atoms with van der Waals surface area (Å²) in [5, 5.41) is 10.8. The van der Waals surface area contributed by atoms with Gasteiger partial charge in [-0.3, -0.25) is 19.9 Å². The molecule has 0 spiro atoms. The highest BCUT2D eigenvalue weighted by atomic mass is 16.6. The summed E-state index contributed by atoms with van der Waals surface area (Å²) in [6.07, 6.45) is 0.00148. The van der Waals surface area contributed by atoms with Gasteiger partial charge in [-0.05, 0) is 13.0 Å². The monoisotopic (exact) mass is 236 g/mol. The average molecular weight is 236 g/mol. The van der Waals surface area contributed by atoms with Gasteiger partial charge in [0.05, 0.1) is 11.3 Å². The van der Waals surface area contributed by atoms with Crippen molar-refractivity contribution >= 4 is 11.5 Å². The zero-order valence-corrected chi connectivity index (χ0v) is 10.5. The minimum absolute atomic E-state index is 0.00148. The predicted octanol–water partition coefficient (Wildman–Crippen LogP) is 2.46. The van der Waals surface area contributed by atoms with Crippen LogP contribution in [0, 0.1) is 22.5 Å². The molecule has 0 bridgehead atoms. The number of nitro groups is 1. The molecule has 5 nitrogen and oxygen atoms in total. The van der Waals surface area contributed by atoms with Crippen LogP contribution in [-0.4, -0.2) is 15.7 Å². The van der Waals surface area contributed by atoms with Crippen LogP contribution in [0.25, 0.3) is 0 Å². The number of carbonyl (C=O) groups excluding carboxylic acids is 1. The van der Waals surface area contributed by atoms with E-state index in [4.69, 9.17) is 0 Å². The van der Waals surface area contributed by atoms with Crippen molar-refractivity contribution in [3.63, 3.8) is 0 Å². The molecule has 1 rings (SSSR count). The molecule has 17 heavy (non-hydrogen) atoms. The molecule has 0 aliphatic heterocycles. The Labute approximate surface area is 100 Å². The molecular formula is C12H16N2O3. The Balaban J connectivity index is 3.09.